The van der Waals surface area contributed by atoms with E-state index in [-0.39, 0.29) is 24.1 Å². The molecule has 2 heterocycles. The van der Waals surface area contributed by atoms with Gasteiger partial charge in [-0.3, -0.25) is 4.79 Å². The maximum absolute atomic E-state index is 13.0. The van der Waals surface area contributed by atoms with Crippen LogP contribution in [0.3, 0.4) is 0 Å². The van der Waals surface area contributed by atoms with Crippen molar-refractivity contribution in [2.24, 2.45) is 0 Å². The zero-order chi connectivity index (χ0) is 20.1. The first-order valence-corrected chi connectivity index (χ1v) is 10.7. The van der Waals surface area contributed by atoms with Crippen LogP contribution in [-0.2, 0) is 16.0 Å². The highest BCUT2D eigenvalue weighted by Gasteiger charge is 2.41. The fourth-order valence-corrected chi connectivity index (χ4v) is 4.45. The summed E-state index contributed by atoms with van der Waals surface area (Å²) in [6.45, 7) is 7.22. The van der Waals surface area contributed by atoms with Crippen molar-refractivity contribution in [2.75, 3.05) is 13.1 Å². The Morgan fingerprint density at radius 2 is 1.61 bits per heavy atom. The first-order valence-electron chi connectivity index (χ1n) is 10.7. The largest absolute Gasteiger partial charge is 0.444 e. The number of nitrogens with zero attached hydrogens (tertiary/aromatic N) is 2. The van der Waals surface area contributed by atoms with Crippen LogP contribution in [-0.4, -0.2) is 52.6 Å². The second-order valence-corrected chi connectivity index (χ2v) is 9.02. The Morgan fingerprint density at radius 3 is 2.32 bits per heavy atom. The summed E-state index contributed by atoms with van der Waals surface area (Å²) in [5, 5.41) is 0. The molecule has 1 aromatic rings. The standard InChI is InChI=1S/C23H34N2O3/c1-23(2,3)28-22(27)25-17-9-13-20(25)19-12-7-8-16-24(19)21(26)15-14-18-10-5-4-6-11-18/h4-6,10-11,19-20H,7-9,12-17H2,1-3H3/t19-,20+/m1/s1. The number of likely N-dealkylation sites (tertiary alicyclic amines) is 2. The number of hydrogen-bond donors (Lipinski definition) is 0. The Bertz CT molecular complexity index is 668. The van der Waals surface area contributed by atoms with E-state index in [1.807, 2.05) is 43.9 Å². The van der Waals surface area contributed by atoms with E-state index in [9.17, 15) is 9.59 Å². The Kier molecular flexibility index (Phi) is 6.63. The molecule has 154 valence electrons. The van der Waals surface area contributed by atoms with Crippen molar-refractivity contribution < 1.29 is 14.3 Å². The molecule has 2 aliphatic heterocycles. The third kappa shape index (κ3) is 5.27. The smallest absolute Gasteiger partial charge is 0.410 e. The maximum atomic E-state index is 13.0. The second-order valence-electron chi connectivity index (χ2n) is 9.02. The number of rotatable bonds is 4. The first kappa shape index (κ1) is 20.7. The molecule has 5 nitrogen and oxygen atoms in total. The third-order valence-electron chi connectivity index (χ3n) is 5.71. The number of benzene rings is 1. The first-order chi connectivity index (χ1) is 13.3. The second kappa shape index (κ2) is 8.97. The van der Waals surface area contributed by atoms with E-state index in [1.165, 1.54) is 5.56 Å². The van der Waals surface area contributed by atoms with E-state index in [4.69, 9.17) is 4.74 Å². The number of aryl methyl sites for hydroxylation is 1. The summed E-state index contributed by atoms with van der Waals surface area (Å²) in [6, 6.07) is 10.4. The van der Waals surface area contributed by atoms with Gasteiger partial charge in [-0.15, -0.1) is 0 Å². The van der Waals surface area contributed by atoms with Crippen LogP contribution in [0.2, 0.25) is 0 Å². The summed E-state index contributed by atoms with van der Waals surface area (Å²) < 4.78 is 5.63. The van der Waals surface area contributed by atoms with Gasteiger partial charge in [0.1, 0.15) is 5.60 Å². The molecule has 0 saturated carbocycles. The Morgan fingerprint density at radius 1 is 0.964 bits per heavy atom. The van der Waals surface area contributed by atoms with Gasteiger partial charge in [0.2, 0.25) is 5.91 Å². The molecule has 1 aromatic carbocycles. The molecule has 0 unspecified atom stereocenters. The van der Waals surface area contributed by atoms with Crippen molar-refractivity contribution in [1.82, 2.24) is 9.80 Å². The van der Waals surface area contributed by atoms with Crippen LogP contribution >= 0.6 is 0 Å². The topological polar surface area (TPSA) is 49.9 Å². The number of hydrogen-bond acceptors (Lipinski definition) is 3. The number of carbonyl (C=O) groups is 2. The van der Waals surface area contributed by atoms with E-state index in [0.29, 0.717) is 6.42 Å². The summed E-state index contributed by atoms with van der Waals surface area (Å²) >= 11 is 0. The molecule has 2 saturated heterocycles. The molecule has 5 heteroatoms. The van der Waals surface area contributed by atoms with E-state index >= 15 is 0 Å². The van der Waals surface area contributed by atoms with Crippen LogP contribution in [0.5, 0.6) is 0 Å². The summed E-state index contributed by atoms with van der Waals surface area (Å²) in [4.78, 5) is 29.7. The molecule has 28 heavy (non-hydrogen) atoms. The molecule has 2 amide bonds. The highest BCUT2D eigenvalue weighted by Crippen LogP contribution is 2.31. The van der Waals surface area contributed by atoms with Gasteiger partial charge in [-0.05, 0) is 64.9 Å². The van der Waals surface area contributed by atoms with Gasteiger partial charge in [0.25, 0.3) is 0 Å². The predicted octanol–water partition coefficient (Wildman–Crippen LogP) is 4.40. The van der Waals surface area contributed by atoms with Crippen LogP contribution in [0, 0.1) is 0 Å². The van der Waals surface area contributed by atoms with E-state index in [2.05, 4.69) is 17.0 Å². The lowest BCUT2D eigenvalue weighted by Crippen LogP contribution is -2.55. The zero-order valence-corrected chi connectivity index (χ0v) is 17.5. The van der Waals surface area contributed by atoms with Gasteiger partial charge in [0.15, 0.2) is 0 Å². The maximum Gasteiger partial charge on any atom is 0.410 e. The molecule has 0 radical (unpaired) electrons. The van der Waals surface area contributed by atoms with Crippen molar-refractivity contribution in [3.05, 3.63) is 35.9 Å². The molecule has 0 aliphatic carbocycles. The number of carbonyl (C=O) groups excluding carboxylic acids is 2. The van der Waals surface area contributed by atoms with E-state index in [0.717, 1.165) is 51.6 Å². The summed E-state index contributed by atoms with van der Waals surface area (Å²) in [7, 11) is 0. The molecule has 2 atom stereocenters. The Labute approximate surface area is 169 Å². The monoisotopic (exact) mass is 386 g/mol. The van der Waals surface area contributed by atoms with E-state index < -0.39 is 5.60 Å². The predicted molar refractivity (Wildman–Crippen MR) is 110 cm³/mol. The van der Waals surface area contributed by atoms with Gasteiger partial charge in [-0.2, -0.15) is 0 Å². The highest BCUT2D eigenvalue weighted by molar-refractivity contribution is 5.77. The van der Waals surface area contributed by atoms with Gasteiger partial charge in [0.05, 0.1) is 12.1 Å². The van der Waals surface area contributed by atoms with Crippen molar-refractivity contribution in [3.8, 4) is 0 Å². The number of piperidine rings is 1. The SMILES string of the molecule is CC(C)(C)OC(=O)N1CCC[C@H]1[C@H]1CCCCN1C(=O)CCc1ccccc1. The molecule has 0 N–H and O–H groups in total. The number of ether oxygens (including phenoxy) is 1. The minimum Gasteiger partial charge on any atom is -0.444 e. The highest BCUT2D eigenvalue weighted by atomic mass is 16.6. The van der Waals surface area contributed by atoms with Gasteiger partial charge in [-0.25, -0.2) is 4.79 Å². The molecule has 0 bridgehead atoms. The molecule has 3 rings (SSSR count). The van der Waals surface area contributed by atoms with Crippen LogP contribution in [0.4, 0.5) is 4.79 Å². The molecular formula is C23H34N2O3. The van der Waals surface area contributed by atoms with Crippen LogP contribution < -0.4 is 0 Å². The lowest BCUT2D eigenvalue weighted by Gasteiger charge is -2.42. The third-order valence-corrected chi connectivity index (χ3v) is 5.71. The Hall–Kier alpha value is -2.04. The van der Waals surface area contributed by atoms with Crippen LogP contribution in [0.15, 0.2) is 30.3 Å². The van der Waals surface area contributed by atoms with Gasteiger partial charge in [-0.1, -0.05) is 30.3 Å². The van der Waals surface area contributed by atoms with Crippen molar-refractivity contribution >= 4 is 12.0 Å². The summed E-state index contributed by atoms with van der Waals surface area (Å²) in [5.41, 5.74) is 0.697. The average molecular weight is 387 g/mol. The summed E-state index contributed by atoms with van der Waals surface area (Å²) in [6.07, 6.45) is 6.12. The van der Waals surface area contributed by atoms with Crippen molar-refractivity contribution in [3.63, 3.8) is 0 Å². The normalized spacial score (nSPS) is 23.0. The lowest BCUT2D eigenvalue weighted by molar-refractivity contribution is -0.136. The average Bonchev–Trinajstić information content (AvgIpc) is 3.15. The van der Waals surface area contributed by atoms with Crippen LogP contribution in [0.25, 0.3) is 0 Å². The molecular weight excluding hydrogens is 352 g/mol. The summed E-state index contributed by atoms with van der Waals surface area (Å²) in [5.74, 6) is 0.213. The fourth-order valence-electron chi connectivity index (χ4n) is 4.45. The Balaban J connectivity index is 1.66. The molecule has 2 fully saturated rings. The molecule has 0 aromatic heterocycles. The van der Waals surface area contributed by atoms with Gasteiger partial charge < -0.3 is 14.5 Å². The van der Waals surface area contributed by atoms with Crippen LogP contribution in [0.1, 0.15) is 64.9 Å². The lowest BCUT2D eigenvalue weighted by atomic mass is 9.93. The molecule has 2 aliphatic rings. The zero-order valence-electron chi connectivity index (χ0n) is 17.5. The van der Waals surface area contributed by atoms with Crippen molar-refractivity contribution in [2.45, 2.75) is 83.4 Å². The minimum absolute atomic E-state index is 0.0795. The quantitative estimate of drug-likeness (QED) is 0.771. The number of amides is 2. The fraction of sp³-hybridized carbons (Fsp3) is 0.652. The van der Waals surface area contributed by atoms with Crippen molar-refractivity contribution in [1.29, 1.82) is 0 Å². The minimum atomic E-state index is -0.498. The van der Waals surface area contributed by atoms with Gasteiger partial charge >= 0.3 is 6.09 Å². The van der Waals surface area contributed by atoms with E-state index in [1.54, 1.807) is 0 Å². The molecule has 0 spiro atoms. The van der Waals surface area contributed by atoms with Gasteiger partial charge in [0, 0.05) is 19.5 Å².